The summed E-state index contributed by atoms with van der Waals surface area (Å²) in [6, 6.07) is 1.58. The summed E-state index contributed by atoms with van der Waals surface area (Å²) in [6.45, 7) is 0.322. The van der Waals surface area contributed by atoms with Gasteiger partial charge in [-0.05, 0) is 35.0 Å². The van der Waals surface area contributed by atoms with Crippen LogP contribution >= 0.6 is 15.9 Å². The Labute approximate surface area is 107 Å². The Kier molecular flexibility index (Phi) is 4.71. The molecule has 6 nitrogen and oxygen atoms in total. The van der Waals surface area contributed by atoms with Crippen molar-refractivity contribution in [1.82, 2.24) is 0 Å². The molecular weight excluding hydrogens is 292 g/mol. The Morgan fingerprint density at radius 1 is 1.47 bits per heavy atom. The highest BCUT2D eigenvalue weighted by Crippen LogP contribution is 2.43. The Bertz CT molecular complexity index is 437. The summed E-state index contributed by atoms with van der Waals surface area (Å²) in [7, 11) is 2.90. The van der Waals surface area contributed by atoms with Crippen molar-refractivity contribution >= 4 is 21.6 Å². The molecule has 17 heavy (non-hydrogen) atoms. The van der Waals surface area contributed by atoms with Crippen LogP contribution in [-0.4, -0.2) is 25.7 Å². The Balaban J connectivity index is 3.49. The average molecular weight is 305 g/mol. The van der Waals surface area contributed by atoms with Crippen LogP contribution in [0.5, 0.6) is 11.5 Å². The molecule has 0 fully saturated rings. The standard InChI is InChI=1S/C10H13BrN2O4/c1-16-7-5-6(3-4-12)9(13(14)15)8(11)10(7)17-2/h5H,3-4,12H2,1-2H3. The smallest absolute Gasteiger partial charge is 0.290 e. The summed E-state index contributed by atoms with van der Waals surface area (Å²) in [5.74, 6) is 0.744. The molecule has 0 aliphatic rings. The van der Waals surface area contributed by atoms with Crippen LogP contribution in [0.1, 0.15) is 5.56 Å². The third kappa shape index (κ3) is 2.67. The molecule has 1 rings (SSSR count). The molecule has 0 atom stereocenters. The molecule has 0 aliphatic carbocycles. The molecule has 0 saturated carbocycles. The second kappa shape index (κ2) is 5.83. The SMILES string of the molecule is COc1cc(CCN)c([N+](=O)[O-])c(Br)c1OC. The van der Waals surface area contributed by atoms with Gasteiger partial charge >= 0.3 is 0 Å². The van der Waals surface area contributed by atoms with Gasteiger partial charge < -0.3 is 15.2 Å². The third-order valence-corrected chi connectivity index (χ3v) is 3.00. The van der Waals surface area contributed by atoms with Crippen molar-refractivity contribution in [1.29, 1.82) is 0 Å². The summed E-state index contributed by atoms with van der Waals surface area (Å²) in [4.78, 5) is 10.6. The average Bonchev–Trinajstić information content (AvgIpc) is 2.28. The molecule has 0 saturated heterocycles. The van der Waals surface area contributed by atoms with Crippen molar-refractivity contribution < 1.29 is 14.4 Å². The molecule has 0 aliphatic heterocycles. The monoisotopic (exact) mass is 304 g/mol. The van der Waals surface area contributed by atoms with Crippen LogP contribution in [0.15, 0.2) is 10.5 Å². The van der Waals surface area contributed by atoms with Crippen molar-refractivity contribution in [2.45, 2.75) is 6.42 Å². The second-order valence-corrected chi connectivity index (χ2v) is 4.02. The largest absolute Gasteiger partial charge is 0.493 e. The minimum Gasteiger partial charge on any atom is -0.493 e. The van der Waals surface area contributed by atoms with E-state index in [0.717, 1.165) is 0 Å². The number of nitrogens with zero attached hydrogens (tertiary/aromatic N) is 1. The maximum Gasteiger partial charge on any atom is 0.290 e. The van der Waals surface area contributed by atoms with E-state index < -0.39 is 4.92 Å². The topological polar surface area (TPSA) is 87.6 Å². The van der Waals surface area contributed by atoms with Crippen LogP contribution in [0.25, 0.3) is 0 Å². The summed E-state index contributed by atoms with van der Waals surface area (Å²) in [5.41, 5.74) is 5.91. The lowest BCUT2D eigenvalue weighted by atomic mass is 10.1. The number of rotatable bonds is 5. The predicted octanol–water partition coefficient (Wildman–Crippen LogP) is 1.88. The zero-order valence-electron chi connectivity index (χ0n) is 9.53. The van der Waals surface area contributed by atoms with Gasteiger partial charge in [-0.15, -0.1) is 0 Å². The van der Waals surface area contributed by atoms with Crippen molar-refractivity contribution in [3.05, 3.63) is 26.2 Å². The highest BCUT2D eigenvalue weighted by atomic mass is 79.9. The molecule has 0 amide bonds. The van der Waals surface area contributed by atoms with Gasteiger partial charge in [-0.1, -0.05) is 0 Å². The lowest BCUT2D eigenvalue weighted by molar-refractivity contribution is -0.386. The maximum atomic E-state index is 11.0. The Morgan fingerprint density at radius 3 is 2.53 bits per heavy atom. The van der Waals surface area contributed by atoms with Crippen molar-refractivity contribution in [2.75, 3.05) is 20.8 Å². The van der Waals surface area contributed by atoms with E-state index in [2.05, 4.69) is 15.9 Å². The molecule has 0 heterocycles. The Morgan fingerprint density at radius 2 is 2.12 bits per heavy atom. The van der Waals surface area contributed by atoms with Crippen LogP contribution in [-0.2, 0) is 6.42 Å². The van der Waals surface area contributed by atoms with Crippen LogP contribution in [0, 0.1) is 10.1 Å². The summed E-state index contributed by atoms with van der Waals surface area (Å²) < 4.78 is 10.5. The molecule has 2 N–H and O–H groups in total. The van der Waals surface area contributed by atoms with Crippen LogP contribution in [0.2, 0.25) is 0 Å². The quantitative estimate of drug-likeness (QED) is 0.663. The molecule has 7 heteroatoms. The van der Waals surface area contributed by atoms with Crippen molar-refractivity contribution in [3.8, 4) is 11.5 Å². The molecule has 94 valence electrons. The fourth-order valence-electron chi connectivity index (χ4n) is 1.53. The van der Waals surface area contributed by atoms with E-state index in [-0.39, 0.29) is 10.2 Å². The number of ether oxygens (including phenoxy) is 2. The molecule has 0 bridgehead atoms. The molecule has 0 unspecified atom stereocenters. The van der Waals surface area contributed by atoms with E-state index in [1.54, 1.807) is 6.07 Å². The van der Waals surface area contributed by atoms with Gasteiger partial charge in [-0.3, -0.25) is 10.1 Å². The zero-order chi connectivity index (χ0) is 13.0. The predicted molar refractivity (Wildman–Crippen MR) is 66.7 cm³/mol. The summed E-state index contributed by atoms with van der Waals surface area (Å²) >= 11 is 3.17. The number of methoxy groups -OCH3 is 2. The minimum atomic E-state index is -0.461. The van der Waals surface area contributed by atoms with Crippen molar-refractivity contribution in [3.63, 3.8) is 0 Å². The normalized spacial score (nSPS) is 10.1. The zero-order valence-corrected chi connectivity index (χ0v) is 11.1. The first kappa shape index (κ1) is 13.7. The first-order valence-electron chi connectivity index (χ1n) is 4.84. The van der Waals surface area contributed by atoms with Gasteiger partial charge in [0.25, 0.3) is 5.69 Å². The first-order chi connectivity index (χ1) is 8.06. The highest BCUT2D eigenvalue weighted by Gasteiger charge is 2.25. The van der Waals surface area contributed by atoms with Gasteiger partial charge in [-0.25, -0.2) is 0 Å². The van der Waals surface area contributed by atoms with E-state index in [9.17, 15) is 10.1 Å². The highest BCUT2D eigenvalue weighted by molar-refractivity contribution is 9.10. The van der Waals surface area contributed by atoms with Crippen LogP contribution in [0.4, 0.5) is 5.69 Å². The van der Waals surface area contributed by atoms with Crippen LogP contribution < -0.4 is 15.2 Å². The van der Waals surface area contributed by atoms with Gasteiger partial charge in [0.2, 0.25) is 0 Å². The fraction of sp³-hybridized carbons (Fsp3) is 0.400. The summed E-state index contributed by atoms with van der Waals surface area (Å²) in [6.07, 6.45) is 0.398. The fourth-order valence-corrected chi connectivity index (χ4v) is 2.29. The van der Waals surface area contributed by atoms with Gasteiger partial charge in [-0.2, -0.15) is 0 Å². The number of hydrogen-bond donors (Lipinski definition) is 1. The molecule has 0 aromatic heterocycles. The third-order valence-electron chi connectivity index (χ3n) is 2.26. The molecule has 1 aromatic carbocycles. The van der Waals surface area contributed by atoms with E-state index in [0.29, 0.717) is 30.0 Å². The molecule has 1 aromatic rings. The molecular formula is C10H13BrN2O4. The minimum absolute atomic E-state index is 0.0342. The van der Waals surface area contributed by atoms with Gasteiger partial charge in [0.1, 0.15) is 4.47 Å². The number of halogens is 1. The number of benzene rings is 1. The maximum absolute atomic E-state index is 11.0. The first-order valence-corrected chi connectivity index (χ1v) is 5.63. The van der Waals surface area contributed by atoms with E-state index in [1.165, 1.54) is 14.2 Å². The number of nitro groups is 1. The summed E-state index contributed by atoms with van der Waals surface area (Å²) in [5, 5.41) is 11.0. The van der Waals surface area contributed by atoms with E-state index in [1.807, 2.05) is 0 Å². The van der Waals surface area contributed by atoms with Gasteiger partial charge in [0.15, 0.2) is 11.5 Å². The van der Waals surface area contributed by atoms with E-state index >= 15 is 0 Å². The number of nitro benzene ring substituents is 1. The van der Waals surface area contributed by atoms with Gasteiger partial charge in [0.05, 0.1) is 19.1 Å². The molecule has 0 spiro atoms. The van der Waals surface area contributed by atoms with Crippen molar-refractivity contribution in [2.24, 2.45) is 5.73 Å². The Hall–Kier alpha value is -1.34. The van der Waals surface area contributed by atoms with Gasteiger partial charge in [0, 0.05) is 5.56 Å². The number of hydrogen-bond acceptors (Lipinski definition) is 5. The lowest BCUT2D eigenvalue weighted by Gasteiger charge is -2.12. The van der Waals surface area contributed by atoms with Crippen LogP contribution in [0.3, 0.4) is 0 Å². The molecule has 0 radical (unpaired) electrons. The second-order valence-electron chi connectivity index (χ2n) is 3.23. The van der Waals surface area contributed by atoms with E-state index in [4.69, 9.17) is 15.2 Å². The lowest BCUT2D eigenvalue weighted by Crippen LogP contribution is -2.07. The number of nitrogens with two attached hydrogens (primary N) is 1.